The fourth-order valence-corrected chi connectivity index (χ4v) is 3.42. The molecule has 30 heavy (non-hydrogen) atoms. The number of aliphatic hydroxyl groups excluding tert-OH is 1. The molecule has 0 saturated heterocycles. The van der Waals surface area contributed by atoms with E-state index in [1.54, 1.807) is 0 Å². The van der Waals surface area contributed by atoms with Gasteiger partial charge >= 0.3 is 0 Å². The van der Waals surface area contributed by atoms with Gasteiger partial charge in [0.25, 0.3) is 0 Å². The van der Waals surface area contributed by atoms with Gasteiger partial charge in [-0.15, -0.1) is 24.0 Å². The van der Waals surface area contributed by atoms with Crippen LogP contribution in [0.4, 0.5) is 0 Å². The fourth-order valence-electron chi connectivity index (χ4n) is 3.42. The van der Waals surface area contributed by atoms with Crippen LogP contribution in [0.5, 0.6) is 0 Å². The molecule has 0 fully saturated rings. The number of rotatable bonds is 12. The lowest BCUT2D eigenvalue weighted by atomic mass is 10.0. The number of benzene rings is 1. The van der Waals surface area contributed by atoms with Gasteiger partial charge in [0.05, 0.1) is 11.4 Å². The van der Waals surface area contributed by atoms with Crippen LogP contribution in [0.2, 0.25) is 0 Å². The molecule has 0 bridgehead atoms. The zero-order valence-electron chi connectivity index (χ0n) is 18.6. The van der Waals surface area contributed by atoms with Crippen LogP contribution < -0.4 is 10.6 Å². The molecule has 168 valence electrons. The number of aromatic nitrogens is 2. The molecule has 0 aliphatic rings. The normalized spacial score (nSPS) is 12.3. The van der Waals surface area contributed by atoms with E-state index >= 15 is 0 Å². The molecule has 1 atom stereocenters. The molecule has 0 saturated carbocycles. The maximum absolute atomic E-state index is 9.22. The van der Waals surface area contributed by atoms with Gasteiger partial charge in [-0.2, -0.15) is 5.10 Å². The summed E-state index contributed by atoms with van der Waals surface area (Å²) in [7, 11) is 0. The van der Waals surface area contributed by atoms with Crippen molar-refractivity contribution in [3.8, 4) is 5.69 Å². The van der Waals surface area contributed by atoms with Crippen molar-refractivity contribution in [3.05, 3.63) is 47.8 Å². The van der Waals surface area contributed by atoms with Crippen LogP contribution >= 0.6 is 24.0 Å². The SMILES string of the molecule is CCCC(CCO)CN=C(NCC)NCCCc1cn(-c2ccccc2)nc1C.I. The smallest absolute Gasteiger partial charge is 0.191 e. The number of para-hydroxylation sites is 1. The largest absolute Gasteiger partial charge is 0.396 e. The van der Waals surface area contributed by atoms with Gasteiger partial charge < -0.3 is 15.7 Å². The summed E-state index contributed by atoms with van der Waals surface area (Å²) in [6.45, 7) is 9.03. The predicted octanol–water partition coefficient (Wildman–Crippen LogP) is 4.09. The second-order valence-corrected chi connectivity index (χ2v) is 7.44. The van der Waals surface area contributed by atoms with Gasteiger partial charge in [0.15, 0.2) is 5.96 Å². The molecule has 0 radical (unpaired) electrons. The number of hydrogen-bond acceptors (Lipinski definition) is 3. The minimum Gasteiger partial charge on any atom is -0.396 e. The first-order chi connectivity index (χ1) is 14.2. The highest BCUT2D eigenvalue weighted by atomic mass is 127. The quantitative estimate of drug-likeness (QED) is 0.168. The van der Waals surface area contributed by atoms with E-state index in [1.807, 2.05) is 22.9 Å². The monoisotopic (exact) mass is 527 g/mol. The van der Waals surface area contributed by atoms with Crippen molar-refractivity contribution in [2.45, 2.75) is 52.9 Å². The second kappa shape index (κ2) is 15.2. The topological polar surface area (TPSA) is 74.5 Å². The van der Waals surface area contributed by atoms with Gasteiger partial charge in [-0.1, -0.05) is 31.5 Å². The first-order valence-electron chi connectivity index (χ1n) is 10.9. The molecule has 1 heterocycles. The molecule has 0 spiro atoms. The Balaban J connectivity index is 0.00000450. The highest BCUT2D eigenvalue weighted by Gasteiger charge is 2.08. The third-order valence-electron chi connectivity index (χ3n) is 5.02. The van der Waals surface area contributed by atoms with Crippen molar-refractivity contribution in [2.24, 2.45) is 10.9 Å². The number of halogens is 1. The summed E-state index contributed by atoms with van der Waals surface area (Å²) in [5.41, 5.74) is 3.45. The van der Waals surface area contributed by atoms with Crippen molar-refractivity contribution in [1.82, 2.24) is 20.4 Å². The molecule has 7 heteroatoms. The van der Waals surface area contributed by atoms with Crippen molar-refractivity contribution in [3.63, 3.8) is 0 Å². The number of nitrogens with one attached hydrogen (secondary N) is 2. The van der Waals surface area contributed by atoms with Crippen molar-refractivity contribution >= 4 is 29.9 Å². The van der Waals surface area contributed by atoms with Gasteiger partial charge in [0.2, 0.25) is 0 Å². The Hall–Kier alpha value is -1.61. The van der Waals surface area contributed by atoms with Crippen molar-refractivity contribution in [1.29, 1.82) is 0 Å². The number of nitrogens with zero attached hydrogens (tertiary/aromatic N) is 3. The average Bonchev–Trinajstić information content (AvgIpc) is 3.10. The predicted molar refractivity (Wildman–Crippen MR) is 136 cm³/mol. The molecule has 0 aliphatic heterocycles. The van der Waals surface area contributed by atoms with Gasteiger partial charge in [-0.05, 0) is 63.1 Å². The highest BCUT2D eigenvalue weighted by Crippen LogP contribution is 2.13. The summed E-state index contributed by atoms with van der Waals surface area (Å²) in [4.78, 5) is 4.72. The number of aliphatic imine (C=N–C) groups is 1. The lowest BCUT2D eigenvalue weighted by Gasteiger charge is -2.15. The summed E-state index contributed by atoms with van der Waals surface area (Å²) >= 11 is 0. The molecule has 1 aromatic heterocycles. The average molecular weight is 527 g/mol. The molecule has 6 nitrogen and oxygen atoms in total. The van der Waals surface area contributed by atoms with Gasteiger partial charge in [0, 0.05) is 32.4 Å². The van der Waals surface area contributed by atoms with E-state index in [2.05, 4.69) is 54.8 Å². The van der Waals surface area contributed by atoms with Gasteiger partial charge in [0.1, 0.15) is 0 Å². The Morgan fingerprint density at radius 3 is 2.60 bits per heavy atom. The van der Waals surface area contributed by atoms with Crippen molar-refractivity contribution in [2.75, 3.05) is 26.2 Å². The molecule has 2 rings (SSSR count). The first-order valence-corrected chi connectivity index (χ1v) is 10.9. The molecule has 0 aliphatic carbocycles. The zero-order valence-corrected chi connectivity index (χ0v) is 20.9. The summed E-state index contributed by atoms with van der Waals surface area (Å²) in [5.74, 6) is 1.31. The minimum atomic E-state index is 0. The minimum absolute atomic E-state index is 0. The third kappa shape index (κ3) is 9.04. The maximum atomic E-state index is 9.22. The maximum Gasteiger partial charge on any atom is 0.191 e. The van der Waals surface area contributed by atoms with Crippen molar-refractivity contribution < 1.29 is 5.11 Å². The third-order valence-corrected chi connectivity index (χ3v) is 5.02. The van der Waals surface area contributed by atoms with Crippen LogP contribution in [0.1, 0.15) is 50.8 Å². The number of aliphatic hydroxyl groups is 1. The molecular formula is C23H38IN5O. The Kier molecular flexibility index (Phi) is 13.4. The van der Waals surface area contributed by atoms with Crippen LogP contribution in [0, 0.1) is 12.8 Å². The zero-order chi connectivity index (χ0) is 20.9. The van der Waals surface area contributed by atoms with Crippen LogP contribution in [-0.2, 0) is 6.42 Å². The second-order valence-electron chi connectivity index (χ2n) is 7.44. The van der Waals surface area contributed by atoms with Crippen LogP contribution in [0.15, 0.2) is 41.5 Å². The van der Waals surface area contributed by atoms with E-state index in [0.29, 0.717) is 5.92 Å². The Morgan fingerprint density at radius 2 is 1.93 bits per heavy atom. The first kappa shape index (κ1) is 26.4. The van der Waals surface area contributed by atoms with Crippen LogP contribution in [0.3, 0.4) is 0 Å². The van der Waals surface area contributed by atoms with E-state index in [0.717, 1.165) is 69.1 Å². The lowest BCUT2D eigenvalue weighted by molar-refractivity contribution is 0.253. The molecule has 0 amide bonds. The Morgan fingerprint density at radius 1 is 1.17 bits per heavy atom. The van der Waals surface area contributed by atoms with E-state index in [-0.39, 0.29) is 30.6 Å². The molecule has 1 aromatic carbocycles. The van der Waals surface area contributed by atoms with E-state index in [1.165, 1.54) is 5.56 Å². The Bertz CT molecular complexity index is 726. The number of guanidine groups is 1. The lowest BCUT2D eigenvalue weighted by Crippen LogP contribution is -2.38. The standard InChI is InChI=1S/C23H37N5O.HI/c1-4-10-20(14-16-29)17-26-23(24-5-2)25-15-9-11-21-18-28(27-19(21)3)22-12-7-6-8-13-22;/h6-8,12-13,18,20,29H,4-5,9-11,14-17H2,1-3H3,(H2,24,25,26);1H. The fraction of sp³-hybridized carbons (Fsp3) is 0.565. The molecular weight excluding hydrogens is 489 g/mol. The van der Waals surface area contributed by atoms with Crippen LogP contribution in [-0.4, -0.2) is 47.1 Å². The molecule has 1 unspecified atom stereocenters. The summed E-state index contributed by atoms with van der Waals surface area (Å²) < 4.78 is 1.96. The van der Waals surface area contributed by atoms with Crippen LogP contribution in [0.25, 0.3) is 5.69 Å². The molecule has 3 N–H and O–H groups in total. The summed E-state index contributed by atoms with van der Waals surface area (Å²) in [5, 5.41) is 20.6. The molecule has 2 aromatic rings. The summed E-state index contributed by atoms with van der Waals surface area (Å²) in [6, 6.07) is 10.2. The van der Waals surface area contributed by atoms with E-state index < -0.39 is 0 Å². The van der Waals surface area contributed by atoms with E-state index in [9.17, 15) is 5.11 Å². The summed E-state index contributed by atoms with van der Waals surface area (Å²) in [6.07, 6.45) is 7.18. The Labute approximate surface area is 198 Å². The van der Waals surface area contributed by atoms with Gasteiger partial charge in [-0.3, -0.25) is 4.99 Å². The van der Waals surface area contributed by atoms with Gasteiger partial charge in [-0.25, -0.2) is 4.68 Å². The van der Waals surface area contributed by atoms with E-state index in [4.69, 9.17) is 4.99 Å². The number of hydrogen-bond donors (Lipinski definition) is 3. The number of aryl methyl sites for hydroxylation is 2. The highest BCUT2D eigenvalue weighted by molar-refractivity contribution is 14.0.